The summed E-state index contributed by atoms with van der Waals surface area (Å²) in [5.41, 5.74) is 2.16. The maximum absolute atomic E-state index is 12.7. The second-order valence-electron chi connectivity index (χ2n) is 6.91. The third-order valence-corrected chi connectivity index (χ3v) is 5.56. The van der Waals surface area contributed by atoms with Gasteiger partial charge in [0.05, 0.1) is 18.0 Å². The highest BCUT2D eigenvalue weighted by Crippen LogP contribution is 2.31. The number of rotatable bonds is 7. The maximum atomic E-state index is 12.7. The van der Waals surface area contributed by atoms with Gasteiger partial charge < -0.3 is 10.1 Å². The zero-order valence-electron chi connectivity index (χ0n) is 17.7. The summed E-state index contributed by atoms with van der Waals surface area (Å²) in [5.74, 6) is -0.999. The van der Waals surface area contributed by atoms with Crippen molar-refractivity contribution in [3.8, 4) is 22.5 Å². The average molecular weight is 461 g/mol. The van der Waals surface area contributed by atoms with E-state index >= 15 is 0 Å². The molecule has 0 fully saturated rings. The minimum atomic E-state index is -0.511. The number of hydrogen-bond donors (Lipinski definition) is 1. The molecule has 0 unspecified atom stereocenters. The molecule has 1 N–H and O–H groups in total. The summed E-state index contributed by atoms with van der Waals surface area (Å²) < 4.78 is 6.23. The van der Waals surface area contributed by atoms with E-state index in [0.717, 1.165) is 27.1 Å². The fourth-order valence-electron chi connectivity index (χ4n) is 3.12. The molecule has 33 heavy (non-hydrogen) atoms. The molecule has 9 heteroatoms. The van der Waals surface area contributed by atoms with E-state index < -0.39 is 17.4 Å². The first kappa shape index (κ1) is 22.1. The van der Waals surface area contributed by atoms with Gasteiger partial charge in [0.1, 0.15) is 11.4 Å². The number of thiazole rings is 1. The second kappa shape index (κ2) is 10.0. The molecule has 2 aromatic heterocycles. The molecule has 0 spiro atoms. The van der Waals surface area contributed by atoms with Crippen molar-refractivity contribution >= 4 is 28.3 Å². The Balaban J connectivity index is 1.57. The van der Waals surface area contributed by atoms with Gasteiger partial charge in [-0.15, -0.1) is 0 Å². The molecule has 166 valence electrons. The summed E-state index contributed by atoms with van der Waals surface area (Å²) >= 11 is 1.02. The van der Waals surface area contributed by atoms with E-state index in [4.69, 9.17) is 4.74 Å². The highest BCUT2D eigenvalue weighted by atomic mass is 32.1. The Bertz CT molecular complexity index is 1330. The van der Waals surface area contributed by atoms with Gasteiger partial charge in [-0.3, -0.25) is 9.59 Å². The minimum Gasteiger partial charge on any atom is -0.462 e. The van der Waals surface area contributed by atoms with Gasteiger partial charge in [-0.2, -0.15) is 5.10 Å². The predicted molar refractivity (Wildman–Crippen MR) is 126 cm³/mol. The lowest BCUT2D eigenvalue weighted by atomic mass is 10.1. The van der Waals surface area contributed by atoms with Gasteiger partial charge in [-0.05, 0) is 13.0 Å². The Morgan fingerprint density at radius 1 is 0.970 bits per heavy atom. The number of aromatic nitrogens is 3. The standard InChI is InChI=1S/C24H20N4O4S/c1-2-32-23(31)22-21(17-11-7-4-8-12-17)26-24(33-22)25-19(29)15-28-20(30)14-13-18(27-28)16-9-5-3-6-10-16/h3-14H,2,15H2,1H3,(H,25,26,29). The lowest BCUT2D eigenvalue weighted by Gasteiger charge is -2.07. The van der Waals surface area contributed by atoms with Crippen LogP contribution < -0.4 is 10.9 Å². The molecule has 0 saturated carbocycles. The lowest BCUT2D eigenvalue weighted by molar-refractivity contribution is -0.117. The Kier molecular flexibility index (Phi) is 6.70. The molecule has 4 aromatic rings. The number of anilines is 1. The van der Waals surface area contributed by atoms with Crippen LogP contribution in [0.25, 0.3) is 22.5 Å². The average Bonchev–Trinajstić information content (AvgIpc) is 3.25. The van der Waals surface area contributed by atoms with E-state index in [1.807, 2.05) is 60.7 Å². The molecule has 4 rings (SSSR count). The van der Waals surface area contributed by atoms with Crippen LogP contribution in [0.5, 0.6) is 0 Å². The number of amides is 1. The number of hydrogen-bond acceptors (Lipinski definition) is 7. The third kappa shape index (κ3) is 5.21. The topological polar surface area (TPSA) is 103 Å². The molecule has 0 bridgehead atoms. The molecule has 8 nitrogen and oxygen atoms in total. The first-order valence-corrected chi connectivity index (χ1v) is 11.0. The maximum Gasteiger partial charge on any atom is 0.350 e. The van der Waals surface area contributed by atoms with Crippen molar-refractivity contribution in [1.29, 1.82) is 0 Å². The summed E-state index contributed by atoms with van der Waals surface area (Å²) in [6.45, 7) is 1.64. The number of esters is 1. The van der Waals surface area contributed by atoms with Crippen LogP contribution in [-0.4, -0.2) is 33.2 Å². The summed E-state index contributed by atoms with van der Waals surface area (Å²) in [7, 11) is 0. The highest BCUT2D eigenvalue weighted by Gasteiger charge is 2.21. The van der Waals surface area contributed by atoms with Crippen LogP contribution in [0.3, 0.4) is 0 Å². The monoisotopic (exact) mass is 460 g/mol. The van der Waals surface area contributed by atoms with Crippen LogP contribution in [0, 0.1) is 0 Å². The van der Waals surface area contributed by atoms with Crippen molar-refractivity contribution in [3.05, 3.63) is 88.0 Å². The first-order chi connectivity index (χ1) is 16.0. The van der Waals surface area contributed by atoms with Crippen LogP contribution in [-0.2, 0) is 16.1 Å². The third-order valence-electron chi connectivity index (χ3n) is 4.61. The summed E-state index contributed by atoms with van der Waals surface area (Å²) in [6, 6.07) is 21.5. The fourth-order valence-corrected chi connectivity index (χ4v) is 4.02. The second-order valence-corrected chi connectivity index (χ2v) is 7.91. The molecular formula is C24H20N4O4S. The van der Waals surface area contributed by atoms with Crippen molar-refractivity contribution in [2.75, 3.05) is 11.9 Å². The largest absolute Gasteiger partial charge is 0.462 e. The molecular weight excluding hydrogens is 440 g/mol. The Morgan fingerprint density at radius 2 is 1.64 bits per heavy atom. The molecule has 0 aliphatic carbocycles. The van der Waals surface area contributed by atoms with Crippen molar-refractivity contribution in [2.24, 2.45) is 0 Å². The number of nitrogens with one attached hydrogen (secondary N) is 1. The van der Waals surface area contributed by atoms with E-state index in [1.54, 1.807) is 13.0 Å². The quantitative estimate of drug-likeness (QED) is 0.420. The van der Waals surface area contributed by atoms with E-state index in [-0.39, 0.29) is 18.3 Å². The van der Waals surface area contributed by atoms with E-state index in [9.17, 15) is 14.4 Å². The zero-order valence-corrected chi connectivity index (χ0v) is 18.5. The number of carbonyl (C=O) groups excluding carboxylic acids is 2. The van der Waals surface area contributed by atoms with E-state index in [1.165, 1.54) is 6.07 Å². The van der Waals surface area contributed by atoms with Crippen LogP contribution in [0.4, 0.5) is 5.13 Å². The highest BCUT2D eigenvalue weighted by molar-refractivity contribution is 7.18. The number of ether oxygens (including phenoxy) is 1. The Labute approximate surface area is 193 Å². The van der Waals surface area contributed by atoms with Gasteiger partial charge in [-0.1, -0.05) is 72.0 Å². The summed E-state index contributed by atoms with van der Waals surface area (Å²) in [5, 5.41) is 7.20. The molecule has 0 aliphatic heterocycles. The van der Waals surface area contributed by atoms with Gasteiger partial charge in [-0.25, -0.2) is 14.5 Å². The van der Waals surface area contributed by atoms with E-state index in [2.05, 4.69) is 15.4 Å². The SMILES string of the molecule is CCOC(=O)c1sc(NC(=O)Cn2nc(-c3ccccc3)ccc2=O)nc1-c1ccccc1. The zero-order chi connectivity index (χ0) is 23.2. The van der Waals surface area contributed by atoms with Gasteiger partial charge in [0.2, 0.25) is 5.91 Å². The predicted octanol–water partition coefficient (Wildman–Crippen LogP) is 3.85. The molecule has 1 amide bonds. The van der Waals surface area contributed by atoms with Crippen molar-refractivity contribution in [2.45, 2.75) is 13.5 Å². The summed E-state index contributed by atoms with van der Waals surface area (Å²) in [6.07, 6.45) is 0. The fraction of sp³-hybridized carbons (Fsp3) is 0.125. The van der Waals surface area contributed by atoms with Gasteiger partial charge in [0.25, 0.3) is 5.56 Å². The number of benzene rings is 2. The molecule has 0 saturated heterocycles. The first-order valence-electron chi connectivity index (χ1n) is 10.2. The van der Waals surface area contributed by atoms with Crippen molar-refractivity contribution < 1.29 is 14.3 Å². The smallest absolute Gasteiger partial charge is 0.350 e. The molecule has 2 aromatic carbocycles. The molecule has 0 aliphatic rings. The van der Waals surface area contributed by atoms with Gasteiger partial charge in [0.15, 0.2) is 5.13 Å². The Hall–Kier alpha value is -4.11. The van der Waals surface area contributed by atoms with Crippen LogP contribution in [0.15, 0.2) is 77.6 Å². The lowest BCUT2D eigenvalue weighted by Crippen LogP contribution is -2.29. The van der Waals surface area contributed by atoms with Crippen LogP contribution in [0.1, 0.15) is 16.6 Å². The van der Waals surface area contributed by atoms with Gasteiger partial charge >= 0.3 is 5.97 Å². The van der Waals surface area contributed by atoms with Gasteiger partial charge in [0, 0.05) is 17.2 Å². The van der Waals surface area contributed by atoms with Crippen molar-refractivity contribution in [1.82, 2.24) is 14.8 Å². The van der Waals surface area contributed by atoms with E-state index in [0.29, 0.717) is 16.3 Å². The van der Waals surface area contributed by atoms with Crippen LogP contribution in [0.2, 0.25) is 0 Å². The van der Waals surface area contributed by atoms with Crippen LogP contribution >= 0.6 is 11.3 Å². The Morgan fingerprint density at radius 3 is 2.30 bits per heavy atom. The number of nitrogens with zero attached hydrogens (tertiary/aromatic N) is 3. The molecule has 0 atom stereocenters. The molecule has 2 heterocycles. The van der Waals surface area contributed by atoms with Crippen molar-refractivity contribution in [3.63, 3.8) is 0 Å². The molecule has 0 radical (unpaired) electrons. The normalized spacial score (nSPS) is 10.6. The minimum absolute atomic E-state index is 0.221. The number of carbonyl (C=O) groups is 2. The summed E-state index contributed by atoms with van der Waals surface area (Å²) in [4.78, 5) is 42.1.